The number of aromatic nitrogens is 10. The van der Waals surface area contributed by atoms with Gasteiger partial charge in [0.25, 0.3) is 79.5 Å². The highest BCUT2D eigenvalue weighted by molar-refractivity contribution is 9.11. The van der Waals surface area contributed by atoms with Crippen LogP contribution in [0.4, 0.5) is 29.1 Å². The lowest BCUT2D eigenvalue weighted by Crippen LogP contribution is -2.14. The maximum Gasteiger partial charge on any atom is 0.273 e. The molecule has 0 bridgehead atoms. The molecule has 516 valence electrons. The van der Waals surface area contributed by atoms with E-state index in [2.05, 4.69) is 153 Å². The summed E-state index contributed by atoms with van der Waals surface area (Å²) in [5, 5.41) is 3.02. The van der Waals surface area contributed by atoms with E-state index in [1.165, 1.54) is 120 Å². The summed E-state index contributed by atoms with van der Waals surface area (Å²) in [5.41, 5.74) is 0. The van der Waals surface area contributed by atoms with Crippen LogP contribution in [0.3, 0.4) is 0 Å². The molecule has 0 atom stereocenters. The van der Waals surface area contributed by atoms with Gasteiger partial charge in [-0.3, -0.25) is 23.6 Å². The first-order chi connectivity index (χ1) is 45.0. The lowest BCUT2D eigenvalue weighted by Gasteiger charge is -2.09. The van der Waals surface area contributed by atoms with Crippen molar-refractivity contribution in [2.45, 2.75) is 21.7 Å². The molecule has 0 aliphatic heterocycles. The highest BCUT2D eigenvalue weighted by Crippen LogP contribution is 2.38. The third-order valence-electron chi connectivity index (χ3n) is 9.86. The van der Waals surface area contributed by atoms with Gasteiger partial charge in [0.1, 0.15) is 31.6 Å². The summed E-state index contributed by atoms with van der Waals surface area (Å²) in [4.78, 5) is 39.1. The van der Waals surface area contributed by atoms with Crippen LogP contribution in [0.15, 0.2) is 128 Å². The van der Waals surface area contributed by atoms with Crippen LogP contribution in [0.1, 0.15) is 0 Å². The summed E-state index contributed by atoms with van der Waals surface area (Å²) in [6, 6.07) is 11.9. The first kappa shape index (κ1) is 80.8. The second-order valence-corrected chi connectivity index (χ2v) is 38.3. The summed E-state index contributed by atoms with van der Waals surface area (Å²) in [7, 11) is -12.0. The number of halogens is 11. The largest absolute Gasteiger partial charge is 0.478 e. The predicted molar refractivity (Wildman–Crippen MR) is 387 cm³/mol. The van der Waals surface area contributed by atoms with Crippen molar-refractivity contribution in [3.8, 4) is 29.4 Å². The number of ether oxygens (including phenoxy) is 5. The predicted octanol–water partition coefficient (Wildman–Crippen LogP) is 14.5. The minimum absolute atomic E-state index is 0.00729. The molecule has 51 heteroatoms. The molecule has 10 aromatic rings. The highest BCUT2D eigenvalue weighted by atomic mass is 79.9. The van der Waals surface area contributed by atoms with E-state index in [9.17, 15) is 42.1 Å². The number of nitrogens with zero attached hydrogens (tertiary/aromatic N) is 10. The fourth-order valence-corrected chi connectivity index (χ4v) is 21.2. The lowest BCUT2D eigenvalue weighted by molar-refractivity contribution is 0.397. The van der Waals surface area contributed by atoms with Crippen LogP contribution < -0.4 is 47.3 Å². The Bertz CT molecular complexity index is 4980. The van der Waals surface area contributed by atoms with Crippen LogP contribution in [-0.4, -0.2) is 127 Å². The zero-order valence-electron chi connectivity index (χ0n) is 47.4. The summed E-state index contributed by atoms with van der Waals surface area (Å²) in [6.07, 6.45) is 5.37. The Kier molecular flexibility index (Phi) is 30.2. The SMILES string of the molecule is COc1nc(Br)cnc1NS(=O)(=O)c1ccc(Br)s1.COc1nc(Br)cnc1NS(=O)(=O)c1ccsc1.COc1nc(Br)cnc1NS(=O)(=O)c1sc(Cl)cc1Br.COc1nc(Cl)c(Cl)nc1NS(=O)(=O)c1ccc(Cl)s1.COc1ncc(Cl)nc1NS(=O)(=O)c1ccc(Cl)s1. The van der Waals surface area contributed by atoms with Crippen LogP contribution in [0.25, 0.3) is 0 Å². The van der Waals surface area contributed by atoms with Gasteiger partial charge < -0.3 is 23.7 Å². The maximum absolute atomic E-state index is 12.3. The second-order valence-electron chi connectivity index (χ2n) is 16.2. The van der Waals surface area contributed by atoms with Gasteiger partial charge >= 0.3 is 0 Å². The van der Waals surface area contributed by atoms with Crippen molar-refractivity contribution in [2.75, 3.05) is 59.2 Å². The van der Waals surface area contributed by atoms with E-state index in [1.54, 1.807) is 11.4 Å². The Morgan fingerprint density at radius 1 is 0.396 bits per heavy atom. The van der Waals surface area contributed by atoms with Gasteiger partial charge in [0.2, 0.25) is 29.1 Å². The van der Waals surface area contributed by atoms with Crippen LogP contribution in [0.2, 0.25) is 28.5 Å². The number of sulfonamides is 5. The number of rotatable bonds is 20. The molecule has 0 aromatic carbocycles. The minimum Gasteiger partial charge on any atom is -0.478 e. The number of nitrogens with one attached hydrogen (secondary N) is 5. The molecular weight excluding hydrogens is 1920 g/mol. The van der Waals surface area contributed by atoms with E-state index >= 15 is 0 Å². The molecule has 30 nitrogen and oxygen atoms in total. The molecule has 0 spiro atoms. The molecule has 0 fully saturated rings. The average molecular weight is 1960 g/mol. The zero-order chi connectivity index (χ0) is 71.1. The molecule has 0 saturated heterocycles. The molecule has 10 aromatic heterocycles. The monoisotopic (exact) mass is 1950 g/mol. The van der Waals surface area contributed by atoms with Gasteiger partial charge in [0.05, 0.1) is 86.5 Å². The summed E-state index contributed by atoms with van der Waals surface area (Å²) < 4.78 is 161. The zero-order valence-corrected chi connectivity index (χ0v) is 68.0. The molecule has 10 heterocycles. The summed E-state index contributed by atoms with van der Waals surface area (Å²) in [5.74, 6) is 0.0138. The lowest BCUT2D eigenvalue weighted by atomic mass is 10.6. The van der Waals surface area contributed by atoms with Crippen molar-refractivity contribution < 1.29 is 65.8 Å². The van der Waals surface area contributed by atoms with Crippen molar-refractivity contribution in [3.05, 3.63) is 135 Å². The van der Waals surface area contributed by atoms with E-state index in [0.717, 1.165) is 49.1 Å². The van der Waals surface area contributed by atoms with Gasteiger partial charge in [-0.2, -0.15) is 16.3 Å². The van der Waals surface area contributed by atoms with Crippen molar-refractivity contribution >= 4 is 285 Å². The molecule has 0 radical (unpaired) electrons. The third-order valence-corrected chi connectivity index (χ3v) is 27.8. The van der Waals surface area contributed by atoms with Crippen LogP contribution in [0, 0.1) is 0 Å². The quantitative estimate of drug-likeness (QED) is 0.0473. The van der Waals surface area contributed by atoms with E-state index in [1.807, 2.05) is 0 Å². The number of anilines is 5. The van der Waals surface area contributed by atoms with Crippen LogP contribution in [0.5, 0.6) is 29.4 Å². The topological polar surface area (TPSA) is 406 Å². The Labute approximate surface area is 637 Å². The van der Waals surface area contributed by atoms with Crippen molar-refractivity contribution in [1.82, 2.24) is 49.8 Å². The van der Waals surface area contributed by atoms with Crippen molar-refractivity contribution in [3.63, 3.8) is 0 Å². The molecule has 0 amide bonds. The van der Waals surface area contributed by atoms with E-state index in [4.69, 9.17) is 93.3 Å². The van der Waals surface area contributed by atoms with Crippen LogP contribution >= 0.6 is 206 Å². The first-order valence-corrected chi connectivity index (χ1v) is 41.8. The molecule has 0 aliphatic carbocycles. The Hall–Kier alpha value is -4.21. The van der Waals surface area contributed by atoms with E-state index < -0.39 is 50.1 Å². The van der Waals surface area contributed by atoms with Gasteiger partial charge in [0.15, 0.2) is 14.5 Å². The molecule has 0 aliphatic rings. The van der Waals surface area contributed by atoms with E-state index in [0.29, 0.717) is 31.3 Å². The van der Waals surface area contributed by atoms with Gasteiger partial charge in [-0.05, 0) is 134 Å². The van der Waals surface area contributed by atoms with Crippen LogP contribution in [-0.2, 0) is 50.1 Å². The first-order valence-electron chi connectivity index (χ1n) is 23.9. The third kappa shape index (κ3) is 23.2. The standard InChI is InChI=1S/C9H6Br2ClN3O3S2.C9H7Br2N3O3S2.C9H8BrN3O3S2.C9H6Cl3N3O3S2.C9H7Cl2N3O3S2/c1-18-8-7(13-3-5(11)14-8)15-20(16,17)9-4(10)2-6(12)19-9;1-17-9-8(12-4-5(10)13-9)14-19(15,16)7-3-2-6(11)18-7;1-16-9-8(11-4-7(10)12-9)13-18(14,15)6-2-3-17-5-6;1-18-9-8(13-6(11)7(12)14-9)15-20(16,17)5-3-2-4(10)19-5;1-17-9-8(13-5(10)4-12-9)14-19(15,16)7-3-2-6(11)18-7/h2-3H,1H3,(H,13,15);2-4H,1H3,(H,12,14);2-5H,1H3,(H,11,13);2-3H,1H3,(H,13,15);2-4H,1H3,(H,13,14). The van der Waals surface area contributed by atoms with Gasteiger partial charge in [-0.15, -0.1) is 45.3 Å². The van der Waals surface area contributed by atoms with Gasteiger partial charge in [0, 0.05) is 5.38 Å². The number of methoxy groups -OCH3 is 5. The van der Waals surface area contributed by atoms with Gasteiger partial charge in [-0.25, -0.2) is 86.9 Å². The average Bonchev–Trinajstić information content (AvgIpc) is 1.54. The summed E-state index contributed by atoms with van der Waals surface area (Å²) in [6.45, 7) is 0. The minimum atomic E-state index is -3.85. The molecular formula is C45H34Br5Cl6N15O15S10. The molecule has 0 unspecified atom stereocenters. The molecule has 5 N–H and O–H groups in total. The van der Waals surface area contributed by atoms with Crippen molar-refractivity contribution in [2.24, 2.45) is 0 Å². The Balaban J connectivity index is 0.000000190. The number of hydrogen-bond donors (Lipinski definition) is 5. The molecule has 0 saturated carbocycles. The normalized spacial score (nSPS) is 11.3. The molecule has 10 rings (SSSR count). The number of hydrogen-bond acceptors (Lipinski definition) is 30. The number of thiophene rings is 5. The second kappa shape index (κ2) is 35.9. The van der Waals surface area contributed by atoms with E-state index in [-0.39, 0.29) is 95.7 Å². The molecule has 96 heavy (non-hydrogen) atoms. The summed E-state index contributed by atoms with van der Waals surface area (Å²) >= 11 is 55.1. The highest BCUT2D eigenvalue weighted by Gasteiger charge is 2.27. The fraction of sp³-hybridized carbons (Fsp3) is 0.111. The Morgan fingerprint density at radius 2 is 0.792 bits per heavy atom. The smallest absolute Gasteiger partial charge is 0.273 e. The fourth-order valence-electron chi connectivity index (χ4n) is 5.99. The van der Waals surface area contributed by atoms with Crippen molar-refractivity contribution in [1.29, 1.82) is 0 Å². The van der Waals surface area contributed by atoms with Gasteiger partial charge in [-0.1, -0.05) is 69.6 Å². The maximum atomic E-state index is 12.3. The Morgan fingerprint density at radius 3 is 1.18 bits per heavy atom.